The average molecular weight is 367 g/mol. The number of rotatable bonds is 5. The summed E-state index contributed by atoms with van der Waals surface area (Å²) in [4.78, 5) is 11.4. The van der Waals surface area contributed by atoms with E-state index in [0.29, 0.717) is 25.0 Å². The molecule has 0 amide bonds. The van der Waals surface area contributed by atoms with Gasteiger partial charge in [-0.05, 0) is 62.2 Å². The zero-order chi connectivity index (χ0) is 18.8. The SMILES string of the molecule is COc1cc(CC2=CN([C@H](C)c3ccc4c(n3)OCCO4)CC2)cc(C)n1. The van der Waals surface area contributed by atoms with E-state index in [0.717, 1.165) is 36.5 Å². The van der Waals surface area contributed by atoms with Crippen molar-refractivity contribution in [3.8, 4) is 17.5 Å². The Hall–Kier alpha value is -2.76. The van der Waals surface area contributed by atoms with Crippen LogP contribution in [0.25, 0.3) is 0 Å². The lowest BCUT2D eigenvalue weighted by Gasteiger charge is -2.25. The number of pyridine rings is 2. The first kappa shape index (κ1) is 17.6. The fraction of sp³-hybridized carbons (Fsp3) is 0.429. The molecule has 1 atom stereocenters. The molecule has 0 unspecified atom stereocenters. The Bertz CT molecular complexity index is 866. The van der Waals surface area contributed by atoms with E-state index in [-0.39, 0.29) is 6.04 Å². The van der Waals surface area contributed by atoms with Crippen LogP contribution in [0.5, 0.6) is 17.5 Å². The Morgan fingerprint density at radius 3 is 2.89 bits per heavy atom. The summed E-state index contributed by atoms with van der Waals surface area (Å²) in [5, 5.41) is 0. The summed E-state index contributed by atoms with van der Waals surface area (Å²) in [5.41, 5.74) is 4.62. The highest BCUT2D eigenvalue weighted by molar-refractivity contribution is 5.37. The number of ether oxygens (including phenoxy) is 3. The lowest BCUT2D eigenvalue weighted by atomic mass is 10.1. The Labute approximate surface area is 159 Å². The van der Waals surface area contributed by atoms with Crippen molar-refractivity contribution in [2.24, 2.45) is 0 Å². The van der Waals surface area contributed by atoms with Crippen molar-refractivity contribution < 1.29 is 14.2 Å². The summed E-state index contributed by atoms with van der Waals surface area (Å²) in [5.74, 6) is 2.01. The van der Waals surface area contributed by atoms with Crippen molar-refractivity contribution in [1.82, 2.24) is 14.9 Å². The van der Waals surface area contributed by atoms with E-state index in [9.17, 15) is 0 Å². The largest absolute Gasteiger partial charge is 0.484 e. The van der Waals surface area contributed by atoms with Gasteiger partial charge in [-0.1, -0.05) is 0 Å². The van der Waals surface area contributed by atoms with Crippen molar-refractivity contribution in [2.45, 2.75) is 32.7 Å². The standard InChI is InChI=1S/C21H25N3O3/c1-14-10-17(12-20(22-14)25-3)11-16-6-7-24(13-16)15(2)18-4-5-19-21(23-18)27-9-8-26-19/h4-5,10,12-13,15H,6-9,11H2,1-3H3/t15-/m1/s1. The van der Waals surface area contributed by atoms with E-state index in [1.54, 1.807) is 7.11 Å². The van der Waals surface area contributed by atoms with Crippen LogP contribution in [0, 0.1) is 6.92 Å². The third kappa shape index (κ3) is 3.84. The Kier molecular flexibility index (Phi) is 4.88. The monoisotopic (exact) mass is 367 g/mol. The maximum atomic E-state index is 5.62. The fourth-order valence-electron chi connectivity index (χ4n) is 3.60. The van der Waals surface area contributed by atoms with Crippen LogP contribution in [0.2, 0.25) is 0 Å². The highest BCUT2D eigenvalue weighted by Gasteiger charge is 2.22. The number of aryl methyl sites for hydroxylation is 1. The molecule has 27 heavy (non-hydrogen) atoms. The predicted molar refractivity (Wildman–Crippen MR) is 102 cm³/mol. The summed E-state index contributed by atoms with van der Waals surface area (Å²) >= 11 is 0. The smallest absolute Gasteiger partial charge is 0.257 e. The van der Waals surface area contributed by atoms with E-state index in [4.69, 9.17) is 14.2 Å². The van der Waals surface area contributed by atoms with Crippen LogP contribution in [-0.4, -0.2) is 41.7 Å². The number of hydrogen-bond donors (Lipinski definition) is 0. The van der Waals surface area contributed by atoms with E-state index >= 15 is 0 Å². The molecule has 2 aliphatic heterocycles. The zero-order valence-corrected chi connectivity index (χ0v) is 16.1. The van der Waals surface area contributed by atoms with Crippen LogP contribution < -0.4 is 14.2 Å². The molecular weight excluding hydrogens is 342 g/mol. The molecular formula is C21H25N3O3. The maximum Gasteiger partial charge on any atom is 0.257 e. The quantitative estimate of drug-likeness (QED) is 0.807. The van der Waals surface area contributed by atoms with Crippen LogP contribution in [0.4, 0.5) is 0 Å². The Morgan fingerprint density at radius 1 is 1.19 bits per heavy atom. The van der Waals surface area contributed by atoms with E-state index in [1.165, 1.54) is 11.1 Å². The minimum Gasteiger partial charge on any atom is -0.484 e. The lowest BCUT2D eigenvalue weighted by molar-refractivity contribution is 0.163. The van der Waals surface area contributed by atoms with Crippen LogP contribution in [0.15, 0.2) is 36.0 Å². The first-order valence-corrected chi connectivity index (χ1v) is 9.36. The number of aromatic nitrogens is 2. The zero-order valence-electron chi connectivity index (χ0n) is 16.1. The average Bonchev–Trinajstić information content (AvgIpc) is 3.15. The fourth-order valence-corrected chi connectivity index (χ4v) is 3.60. The second-order valence-electron chi connectivity index (χ2n) is 7.02. The molecule has 6 heteroatoms. The highest BCUT2D eigenvalue weighted by Crippen LogP contribution is 2.33. The summed E-state index contributed by atoms with van der Waals surface area (Å²) in [7, 11) is 1.66. The van der Waals surface area contributed by atoms with Crippen molar-refractivity contribution >= 4 is 0 Å². The van der Waals surface area contributed by atoms with Gasteiger partial charge in [-0.15, -0.1) is 0 Å². The summed E-state index contributed by atoms with van der Waals surface area (Å²) in [6, 6.07) is 8.31. The molecule has 2 aromatic heterocycles. The van der Waals surface area contributed by atoms with Gasteiger partial charge >= 0.3 is 0 Å². The highest BCUT2D eigenvalue weighted by atomic mass is 16.6. The molecule has 0 radical (unpaired) electrons. The maximum absolute atomic E-state index is 5.62. The molecule has 0 spiro atoms. The van der Waals surface area contributed by atoms with Gasteiger partial charge < -0.3 is 19.1 Å². The molecule has 6 nitrogen and oxygen atoms in total. The normalized spacial score (nSPS) is 16.9. The minimum absolute atomic E-state index is 0.187. The first-order chi connectivity index (χ1) is 13.1. The first-order valence-electron chi connectivity index (χ1n) is 9.36. The molecule has 2 aromatic rings. The lowest BCUT2D eigenvalue weighted by Crippen LogP contribution is -2.21. The topological polar surface area (TPSA) is 56.7 Å². The Morgan fingerprint density at radius 2 is 2.04 bits per heavy atom. The minimum atomic E-state index is 0.187. The molecule has 0 bridgehead atoms. The summed E-state index contributed by atoms with van der Waals surface area (Å²) in [6.07, 6.45) is 4.24. The number of nitrogens with zero attached hydrogens (tertiary/aromatic N) is 3. The second-order valence-corrected chi connectivity index (χ2v) is 7.02. The molecule has 2 aliphatic rings. The molecule has 0 N–H and O–H groups in total. The van der Waals surface area contributed by atoms with Crippen molar-refractivity contribution in [3.05, 3.63) is 53.0 Å². The van der Waals surface area contributed by atoms with Crippen LogP contribution in [-0.2, 0) is 6.42 Å². The molecule has 142 valence electrons. The van der Waals surface area contributed by atoms with Crippen molar-refractivity contribution in [3.63, 3.8) is 0 Å². The van der Waals surface area contributed by atoms with E-state index in [2.05, 4.69) is 34.1 Å². The predicted octanol–water partition coefficient (Wildman–Crippen LogP) is 3.46. The molecule has 4 heterocycles. The van der Waals surface area contributed by atoms with Gasteiger partial charge in [-0.3, -0.25) is 0 Å². The van der Waals surface area contributed by atoms with Crippen LogP contribution in [0.1, 0.15) is 36.3 Å². The van der Waals surface area contributed by atoms with Crippen molar-refractivity contribution in [1.29, 1.82) is 0 Å². The van der Waals surface area contributed by atoms with E-state index < -0.39 is 0 Å². The van der Waals surface area contributed by atoms with Gasteiger partial charge in [0.1, 0.15) is 13.2 Å². The molecule has 0 fully saturated rings. The van der Waals surface area contributed by atoms with Crippen molar-refractivity contribution in [2.75, 3.05) is 26.9 Å². The van der Waals surface area contributed by atoms with Gasteiger partial charge in [0, 0.05) is 18.3 Å². The molecule has 0 saturated heterocycles. The summed E-state index contributed by atoms with van der Waals surface area (Å²) < 4.78 is 16.5. The molecule has 0 aliphatic carbocycles. The van der Waals surface area contributed by atoms with Gasteiger partial charge in [-0.25, -0.2) is 9.97 Å². The number of fused-ring (bicyclic) bond motifs is 1. The summed E-state index contributed by atoms with van der Waals surface area (Å²) in [6.45, 7) is 6.31. The Balaban J connectivity index is 1.48. The molecule has 0 aromatic carbocycles. The number of hydrogen-bond acceptors (Lipinski definition) is 6. The van der Waals surface area contributed by atoms with Gasteiger partial charge in [0.05, 0.1) is 18.8 Å². The van der Waals surface area contributed by atoms with Gasteiger partial charge in [0.25, 0.3) is 5.88 Å². The third-order valence-corrected chi connectivity index (χ3v) is 5.02. The van der Waals surface area contributed by atoms with Gasteiger partial charge in [0.2, 0.25) is 5.88 Å². The van der Waals surface area contributed by atoms with Gasteiger partial charge in [-0.2, -0.15) is 0 Å². The second kappa shape index (κ2) is 7.47. The van der Waals surface area contributed by atoms with Crippen LogP contribution in [0.3, 0.4) is 0 Å². The molecule has 4 rings (SSSR count). The van der Waals surface area contributed by atoms with E-state index in [1.807, 2.05) is 25.1 Å². The number of methoxy groups -OCH3 is 1. The third-order valence-electron chi connectivity index (χ3n) is 5.02. The van der Waals surface area contributed by atoms with Crippen LogP contribution >= 0.6 is 0 Å². The molecule has 0 saturated carbocycles. The van der Waals surface area contributed by atoms with Gasteiger partial charge in [0.15, 0.2) is 5.75 Å².